The minimum Gasteiger partial charge on any atom is -0.372 e. The summed E-state index contributed by atoms with van der Waals surface area (Å²) in [6.45, 7) is 0.732. The maximum absolute atomic E-state index is 6.42. The monoisotopic (exact) mass is 307 g/mol. The predicted octanol–water partition coefficient (Wildman–Crippen LogP) is 4.34. The molecule has 1 saturated carbocycles. The fourth-order valence-electron chi connectivity index (χ4n) is 4.04. The Labute approximate surface area is 133 Å². The smallest absolute Gasteiger partial charge is 0.0687 e. The third-order valence-corrected chi connectivity index (χ3v) is 5.47. The first-order valence-electron chi connectivity index (χ1n) is 8.31. The molecule has 1 heterocycles. The summed E-state index contributed by atoms with van der Waals surface area (Å²) in [5.74, 6) is 0.507. The van der Waals surface area contributed by atoms with Crippen LogP contribution in [-0.4, -0.2) is 18.2 Å². The van der Waals surface area contributed by atoms with Gasteiger partial charge in [-0.15, -0.1) is 0 Å². The molecule has 0 radical (unpaired) electrons. The molecule has 21 heavy (non-hydrogen) atoms. The van der Waals surface area contributed by atoms with Crippen LogP contribution in [0.4, 0.5) is 0 Å². The molecule has 1 aliphatic carbocycles. The van der Waals surface area contributed by atoms with Gasteiger partial charge in [0.1, 0.15) is 0 Å². The topological polar surface area (TPSA) is 35.2 Å². The third kappa shape index (κ3) is 3.80. The molecule has 3 heteroatoms. The lowest BCUT2D eigenvalue weighted by Gasteiger charge is -2.25. The normalized spacial score (nSPS) is 25.5. The first kappa shape index (κ1) is 15.3. The highest BCUT2D eigenvalue weighted by Gasteiger charge is 2.42. The Hall–Kier alpha value is -0.570. The number of rotatable bonds is 5. The van der Waals surface area contributed by atoms with Gasteiger partial charge in [0.05, 0.1) is 11.7 Å². The van der Waals surface area contributed by atoms with E-state index in [1.54, 1.807) is 0 Å². The third-order valence-electron chi connectivity index (χ3n) is 5.22. The fourth-order valence-corrected chi connectivity index (χ4v) is 4.16. The summed E-state index contributed by atoms with van der Waals surface area (Å²) in [5.41, 5.74) is 7.55. The van der Waals surface area contributed by atoms with E-state index >= 15 is 0 Å². The van der Waals surface area contributed by atoms with Gasteiger partial charge in [-0.25, -0.2) is 0 Å². The zero-order valence-corrected chi connectivity index (χ0v) is 13.4. The number of halogens is 1. The van der Waals surface area contributed by atoms with E-state index in [2.05, 4.69) is 12.1 Å². The summed E-state index contributed by atoms with van der Waals surface area (Å²) in [5, 5.41) is 0.797. The van der Waals surface area contributed by atoms with Crippen molar-refractivity contribution in [3.63, 3.8) is 0 Å². The van der Waals surface area contributed by atoms with Crippen LogP contribution in [0.2, 0.25) is 5.02 Å². The van der Waals surface area contributed by atoms with Crippen molar-refractivity contribution in [2.45, 2.75) is 63.1 Å². The molecule has 0 amide bonds. The molecule has 2 aliphatic rings. The molecular weight excluding hydrogens is 282 g/mol. The summed E-state index contributed by atoms with van der Waals surface area (Å²) >= 11 is 5.94. The van der Waals surface area contributed by atoms with Gasteiger partial charge < -0.3 is 10.5 Å². The van der Waals surface area contributed by atoms with E-state index in [9.17, 15) is 0 Å². The van der Waals surface area contributed by atoms with Gasteiger partial charge in [-0.05, 0) is 68.7 Å². The standard InChI is InChI=1S/C18H26ClNO/c19-16-5-3-14(4-6-16)11-15(13-20)12-17-7-10-18(21-17)8-1-2-9-18/h3-6,15,17H,1-2,7-13,20H2. The number of ether oxygens (including phenoxy) is 1. The maximum Gasteiger partial charge on any atom is 0.0687 e. The number of hydrogen-bond acceptors (Lipinski definition) is 2. The molecule has 1 aromatic carbocycles. The van der Waals surface area contributed by atoms with Crippen LogP contribution in [0, 0.1) is 5.92 Å². The second-order valence-electron chi connectivity index (χ2n) is 6.84. The molecule has 2 atom stereocenters. The van der Waals surface area contributed by atoms with E-state index in [1.807, 2.05) is 12.1 Å². The molecule has 1 aromatic rings. The van der Waals surface area contributed by atoms with Crippen LogP contribution in [0.3, 0.4) is 0 Å². The summed E-state index contributed by atoms with van der Waals surface area (Å²) in [6.07, 6.45) is 10.3. The molecule has 2 unspecified atom stereocenters. The van der Waals surface area contributed by atoms with E-state index < -0.39 is 0 Å². The van der Waals surface area contributed by atoms with Gasteiger partial charge in [-0.1, -0.05) is 36.6 Å². The van der Waals surface area contributed by atoms with Crippen molar-refractivity contribution < 1.29 is 4.74 Å². The Morgan fingerprint density at radius 2 is 1.90 bits per heavy atom. The quantitative estimate of drug-likeness (QED) is 0.878. The number of benzene rings is 1. The largest absolute Gasteiger partial charge is 0.372 e. The van der Waals surface area contributed by atoms with Crippen LogP contribution >= 0.6 is 11.6 Å². The Kier molecular flexibility index (Phi) is 4.88. The Morgan fingerprint density at radius 3 is 2.57 bits per heavy atom. The van der Waals surface area contributed by atoms with Gasteiger partial charge in [0.2, 0.25) is 0 Å². The lowest BCUT2D eigenvalue weighted by atomic mass is 9.92. The molecule has 2 N–H and O–H groups in total. The van der Waals surface area contributed by atoms with Crippen molar-refractivity contribution in [1.29, 1.82) is 0 Å². The van der Waals surface area contributed by atoms with E-state index in [0.717, 1.165) is 24.4 Å². The van der Waals surface area contributed by atoms with Gasteiger partial charge >= 0.3 is 0 Å². The van der Waals surface area contributed by atoms with Crippen molar-refractivity contribution in [2.24, 2.45) is 11.7 Å². The minimum atomic E-state index is 0.240. The number of nitrogens with two attached hydrogens (primary N) is 1. The van der Waals surface area contributed by atoms with Gasteiger partial charge in [0.25, 0.3) is 0 Å². The molecule has 2 nitrogen and oxygen atoms in total. The Bertz CT molecular complexity index is 453. The Morgan fingerprint density at radius 1 is 1.19 bits per heavy atom. The molecular formula is C18H26ClNO. The first-order chi connectivity index (χ1) is 10.2. The summed E-state index contributed by atoms with van der Waals surface area (Å²) in [6, 6.07) is 8.14. The number of hydrogen-bond donors (Lipinski definition) is 1. The van der Waals surface area contributed by atoms with E-state index in [-0.39, 0.29) is 5.60 Å². The van der Waals surface area contributed by atoms with E-state index in [0.29, 0.717) is 12.0 Å². The highest BCUT2D eigenvalue weighted by molar-refractivity contribution is 6.30. The van der Waals surface area contributed by atoms with Crippen molar-refractivity contribution in [3.05, 3.63) is 34.9 Å². The molecule has 0 aromatic heterocycles. The van der Waals surface area contributed by atoms with E-state index in [1.165, 1.54) is 44.1 Å². The van der Waals surface area contributed by atoms with Crippen LogP contribution in [0.5, 0.6) is 0 Å². The average Bonchev–Trinajstić information content (AvgIpc) is 3.11. The van der Waals surface area contributed by atoms with Crippen LogP contribution in [-0.2, 0) is 11.2 Å². The predicted molar refractivity (Wildman–Crippen MR) is 87.6 cm³/mol. The van der Waals surface area contributed by atoms with Crippen molar-refractivity contribution >= 4 is 11.6 Å². The van der Waals surface area contributed by atoms with Crippen molar-refractivity contribution in [2.75, 3.05) is 6.54 Å². The molecule has 3 rings (SSSR count). The lowest BCUT2D eigenvalue weighted by Crippen LogP contribution is -2.27. The summed E-state index contributed by atoms with van der Waals surface area (Å²) in [7, 11) is 0. The molecule has 116 valence electrons. The van der Waals surface area contributed by atoms with Crippen molar-refractivity contribution in [1.82, 2.24) is 0 Å². The summed E-state index contributed by atoms with van der Waals surface area (Å²) < 4.78 is 6.42. The van der Waals surface area contributed by atoms with Gasteiger partial charge in [-0.2, -0.15) is 0 Å². The molecule has 2 fully saturated rings. The molecule has 0 bridgehead atoms. The second kappa shape index (κ2) is 6.68. The fraction of sp³-hybridized carbons (Fsp3) is 0.667. The zero-order chi connectivity index (χ0) is 14.7. The van der Waals surface area contributed by atoms with Crippen LogP contribution in [0.15, 0.2) is 24.3 Å². The first-order valence-corrected chi connectivity index (χ1v) is 8.69. The zero-order valence-electron chi connectivity index (χ0n) is 12.7. The van der Waals surface area contributed by atoms with Gasteiger partial charge in [0.15, 0.2) is 0 Å². The van der Waals surface area contributed by atoms with Crippen molar-refractivity contribution in [3.8, 4) is 0 Å². The molecule has 1 saturated heterocycles. The van der Waals surface area contributed by atoms with Gasteiger partial charge in [0, 0.05) is 5.02 Å². The maximum atomic E-state index is 6.42. The van der Waals surface area contributed by atoms with Crippen LogP contribution in [0.1, 0.15) is 50.5 Å². The minimum absolute atomic E-state index is 0.240. The Balaban J connectivity index is 1.54. The van der Waals surface area contributed by atoms with Crippen LogP contribution in [0.25, 0.3) is 0 Å². The van der Waals surface area contributed by atoms with Crippen LogP contribution < -0.4 is 5.73 Å². The average molecular weight is 308 g/mol. The highest BCUT2D eigenvalue weighted by atomic mass is 35.5. The van der Waals surface area contributed by atoms with E-state index in [4.69, 9.17) is 22.1 Å². The summed E-state index contributed by atoms with van der Waals surface area (Å²) in [4.78, 5) is 0. The van der Waals surface area contributed by atoms with Gasteiger partial charge in [-0.3, -0.25) is 0 Å². The lowest BCUT2D eigenvalue weighted by molar-refractivity contribution is -0.0438. The SMILES string of the molecule is NCC(Cc1ccc(Cl)cc1)CC1CCC2(CCCC2)O1. The molecule has 1 spiro atoms. The second-order valence-corrected chi connectivity index (χ2v) is 7.27. The molecule has 1 aliphatic heterocycles. The highest BCUT2D eigenvalue weighted by Crippen LogP contribution is 2.44.